The summed E-state index contributed by atoms with van der Waals surface area (Å²) >= 11 is 0. The van der Waals surface area contributed by atoms with E-state index in [9.17, 15) is 10.1 Å². The highest BCUT2D eigenvalue weighted by molar-refractivity contribution is 5.86. The van der Waals surface area contributed by atoms with Gasteiger partial charge in [-0.3, -0.25) is 10.1 Å². The van der Waals surface area contributed by atoms with Crippen molar-refractivity contribution in [2.45, 2.75) is 19.5 Å². The van der Waals surface area contributed by atoms with Crippen LogP contribution < -0.4 is 5.32 Å². The van der Waals surface area contributed by atoms with E-state index in [4.69, 9.17) is 0 Å². The van der Waals surface area contributed by atoms with Crippen molar-refractivity contribution >= 4 is 16.5 Å². The van der Waals surface area contributed by atoms with Crippen LogP contribution in [0.4, 0.5) is 5.69 Å². The molecule has 1 atom stereocenters. The third-order valence-corrected chi connectivity index (χ3v) is 4.05. The SMILES string of the molecule is C[C@H](NCc1ccc([N+](=O)[O-])cc1)c1cccc2ccccc12. The molecule has 0 aromatic heterocycles. The predicted molar refractivity (Wildman–Crippen MR) is 92.3 cm³/mol. The van der Waals surface area contributed by atoms with E-state index in [1.54, 1.807) is 24.3 Å². The van der Waals surface area contributed by atoms with Crippen LogP contribution in [-0.4, -0.2) is 4.92 Å². The number of nitro benzene ring substituents is 1. The Hall–Kier alpha value is -2.72. The first-order chi connectivity index (χ1) is 11.1. The fourth-order valence-corrected chi connectivity index (χ4v) is 2.74. The molecule has 0 bridgehead atoms. The summed E-state index contributed by atoms with van der Waals surface area (Å²) in [7, 11) is 0. The summed E-state index contributed by atoms with van der Waals surface area (Å²) in [4.78, 5) is 10.3. The molecule has 4 nitrogen and oxygen atoms in total. The van der Waals surface area contributed by atoms with Crippen molar-refractivity contribution in [3.63, 3.8) is 0 Å². The van der Waals surface area contributed by atoms with Gasteiger partial charge in [0.2, 0.25) is 0 Å². The molecule has 0 saturated carbocycles. The number of benzene rings is 3. The quantitative estimate of drug-likeness (QED) is 0.553. The van der Waals surface area contributed by atoms with Crippen LogP contribution in [0.3, 0.4) is 0 Å². The van der Waals surface area contributed by atoms with Gasteiger partial charge in [-0.15, -0.1) is 0 Å². The molecule has 3 aromatic carbocycles. The predicted octanol–water partition coefficient (Wildman–Crippen LogP) is 4.60. The Balaban J connectivity index is 1.73. The first kappa shape index (κ1) is 15.2. The molecule has 0 spiro atoms. The smallest absolute Gasteiger partial charge is 0.269 e. The van der Waals surface area contributed by atoms with Crippen molar-refractivity contribution in [1.82, 2.24) is 5.32 Å². The van der Waals surface area contributed by atoms with Crippen LogP contribution in [0.1, 0.15) is 24.1 Å². The first-order valence-electron chi connectivity index (χ1n) is 7.59. The van der Waals surface area contributed by atoms with Crippen molar-refractivity contribution < 1.29 is 4.92 Å². The number of hydrogen-bond acceptors (Lipinski definition) is 3. The molecule has 1 N–H and O–H groups in total. The number of nitrogens with zero attached hydrogens (tertiary/aromatic N) is 1. The minimum Gasteiger partial charge on any atom is -0.306 e. The summed E-state index contributed by atoms with van der Waals surface area (Å²) < 4.78 is 0. The normalized spacial score (nSPS) is 12.2. The van der Waals surface area contributed by atoms with E-state index in [0.29, 0.717) is 6.54 Å². The van der Waals surface area contributed by atoms with Crippen molar-refractivity contribution in [3.05, 3.63) is 88.0 Å². The lowest BCUT2D eigenvalue weighted by Crippen LogP contribution is -2.18. The van der Waals surface area contributed by atoms with Gasteiger partial charge in [0.15, 0.2) is 0 Å². The topological polar surface area (TPSA) is 55.2 Å². The maximum Gasteiger partial charge on any atom is 0.269 e. The Morgan fingerprint density at radius 3 is 2.43 bits per heavy atom. The third kappa shape index (κ3) is 3.38. The van der Waals surface area contributed by atoms with Crippen LogP contribution in [0.15, 0.2) is 66.7 Å². The molecule has 0 saturated heterocycles. The summed E-state index contributed by atoms with van der Waals surface area (Å²) in [5.74, 6) is 0. The van der Waals surface area contributed by atoms with Gasteiger partial charge in [-0.1, -0.05) is 54.6 Å². The molecule has 4 heteroatoms. The van der Waals surface area contributed by atoms with Crippen molar-refractivity contribution in [3.8, 4) is 0 Å². The van der Waals surface area contributed by atoms with Crippen LogP contribution in [-0.2, 0) is 6.54 Å². The molecule has 0 unspecified atom stereocenters. The second kappa shape index (κ2) is 6.58. The van der Waals surface area contributed by atoms with Gasteiger partial charge >= 0.3 is 0 Å². The van der Waals surface area contributed by atoms with Crippen molar-refractivity contribution in [1.29, 1.82) is 0 Å². The largest absolute Gasteiger partial charge is 0.306 e. The molecule has 0 heterocycles. The maximum absolute atomic E-state index is 10.7. The maximum atomic E-state index is 10.7. The third-order valence-electron chi connectivity index (χ3n) is 4.05. The highest BCUT2D eigenvalue weighted by atomic mass is 16.6. The number of nitrogens with one attached hydrogen (secondary N) is 1. The molecule has 0 radical (unpaired) electrons. The highest BCUT2D eigenvalue weighted by Crippen LogP contribution is 2.24. The average molecular weight is 306 g/mol. The van der Waals surface area contributed by atoms with Gasteiger partial charge in [0, 0.05) is 24.7 Å². The van der Waals surface area contributed by atoms with Crippen molar-refractivity contribution in [2.75, 3.05) is 0 Å². The molecular weight excluding hydrogens is 288 g/mol. The summed E-state index contributed by atoms with van der Waals surface area (Å²) in [5.41, 5.74) is 2.41. The van der Waals surface area contributed by atoms with Gasteiger partial charge in [0.25, 0.3) is 5.69 Å². The monoisotopic (exact) mass is 306 g/mol. The lowest BCUT2D eigenvalue weighted by atomic mass is 9.99. The Morgan fingerprint density at radius 2 is 1.70 bits per heavy atom. The Kier molecular flexibility index (Phi) is 4.35. The van der Waals surface area contributed by atoms with Crippen LogP contribution in [0, 0.1) is 10.1 Å². The van der Waals surface area contributed by atoms with Gasteiger partial charge < -0.3 is 5.32 Å². The zero-order valence-corrected chi connectivity index (χ0v) is 12.9. The summed E-state index contributed by atoms with van der Waals surface area (Å²) in [6, 6.07) is 21.5. The van der Waals surface area contributed by atoms with Crippen LogP contribution >= 0.6 is 0 Å². The second-order valence-electron chi connectivity index (χ2n) is 5.59. The van der Waals surface area contributed by atoms with E-state index < -0.39 is 0 Å². The van der Waals surface area contributed by atoms with Gasteiger partial charge in [-0.25, -0.2) is 0 Å². The fourth-order valence-electron chi connectivity index (χ4n) is 2.74. The Labute approximate surface area is 134 Å². The molecule has 0 aliphatic carbocycles. The number of hydrogen-bond donors (Lipinski definition) is 1. The van der Waals surface area contributed by atoms with Gasteiger partial charge in [0.1, 0.15) is 0 Å². The molecule has 0 amide bonds. The zero-order chi connectivity index (χ0) is 16.2. The Bertz CT molecular complexity index is 823. The minimum atomic E-state index is -0.379. The molecule has 23 heavy (non-hydrogen) atoms. The van der Waals surface area contributed by atoms with Crippen LogP contribution in [0.2, 0.25) is 0 Å². The second-order valence-corrected chi connectivity index (χ2v) is 5.59. The first-order valence-corrected chi connectivity index (χ1v) is 7.59. The molecular formula is C19H18N2O2. The molecule has 3 aromatic rings. The zero-order valence-electron chi connectivity index (χ0n) is 12.9. The highest BCUT2D eigenvalue weighted by Gasteiger charge is 2.09. The standard InChI is InChI=1S/C19H18N2O2/c1-14(18-8-4-6-16-5-2-3-7-19(16)18)20-13-15-9-11-17(12-10-15)21(22)23/h2-12,14,20H,13H2,1H3/t14-/m0/s1. The number of non-ortho nitro benzene ring substituents is 1. The fraction of sp³-hybridized carbons (Fsp3) is 0.158. The minimum absolute atomic E-state index is 0.121. The van der Waals surface area contributed by atoms with Gasteiger partial charge in [0.05, 0.1) is 4.92 Å². The van der Waals surface area contributed by atoms with E-state index in [0.717, 1.165) is 5.56 Å². The van der Waals surface area contributed by atoms with Crippen LogP contribution in [0.25, 0.3) is 10.8 Å². The molecule has 3 rings (SSSR count). The number of rotatable bonds is 5. The van der Waals surface area contributed by atoms with E-state index in [1.807, 2.05) is 6.07 Å². The van der Waals surface area contributed by atoms with Crippen molar-refractivity contribution in [2.24, 2.45) is 0 Å². The Morgan fingerprint density at radius 1 is 1.00 bits per heavy atom. The van der Waals surface area contributed by atoms with Crippen LogP contribution in [0.5, 0.6) is 0 Å². The summed E-state index contributed by atoms with van der Waals surface area (Å²) in [6.45, 7) is 2.80. The van der Waals surface area contributed by atoms with E-state index in [2.05, 4.69) is 48.6 Å². The van der Waals surface area contributed by atoms with E-state index in [1.165, 1.54) is 16.3 Å². The molecule has 0 aliphatic heterocycles. The molecule has 0 aliphatic rings. The summed E-state index contributed by atoms with van der Waals surface area (Å²) in [5, 5.41) is 16.6. The number of fused-ring (bicyclic) bond motifs is 1. The lowest BCUT2D eigenvalue weighted by molar-refractivity contribution is -0.384. The van der Waals surface area contributed by atoms with Gasteiger partial charge in [-0.2, -0.15) is 0 Å². The van der Waals surface area contributed by atoms with E-state index in [-0.39, 0.29) is 16.7 Å². The molecule has 116 valence electrons. The summed E-state index contributed by atoms with van der Waals surface area (Å²) in [6.07, 6.45) is 0. The van der Waals surface area contributed by atoms with Gasteiger partial charge in [-0.05, 0) is 28.8 Å². The lowest BCUT2D eigenvalue weighted by Gasteiger charge is -2.16. The molecule has 0 fully saturated rings. The van der Waals surface area contributed by atoms with E-state index >= 15 is 0 Å². The number of nitro groups is 1. The average Bonchev–Trinajstić information content (AvgIpc) is 2.59.